The minimum atomic E-state index is -0.244. The monoisotopic (exact) mass is 276 g/mol. The molecule has 1 N–H and O–H groups in total. The average molecular weight is 276 g/mol. The van der Waals surface area contributed by atoms with Crippen molar-refractivity contribution in [2.75, 3.05) is 27.4 Å². The van der Waals surface area contributed by atoms with E-state index in [0.717, 1.165) is 24.0 Å². The number of nitrogens with zero attached hydrogens (tertiary/aromatic N) is 1. The Morgan fingerprint density at radius 1 is 1.30 bits per heavy atom. The number of carbonyl (C=O) groups excluding carboxylic acids is 1. The van der Waals surface area contributed by atoms with Gasteiger partial charge in [-0.05, 0) is 23.1 Å². The number of esters is 1. The van der Waals surface area contributed by atoms with Gasteiger partial charge in [0.2, 0.25) is 0 Å². The lowest BCUT2D eigenvalue weighted by Gasteiger charge is -2.07. The Balaban J connectivity index is 2.10. The number of nitrogens with one attached hydrogen (secondary N) is 1. The minimum Gasteiger partial charge on any atom is -0.468 e. The summed E-state index contributed by atoms with van der Waals surface area (Å²) >= 11 is 0. The molecule has 0 saturated heterocycles. The summed E-state index contributed by atoms with van der Waals surface area (Å²) in [4.78, 5) is 11.4. The molecule has 0 spiro atoms. The van der Waals surface area contributed by atoms with Crippen molar-refractivity contribution < 1.29 is 14.3 Å². The Bertz CT molecular complexity index is 578. The molecule has 0 aliphatic carbocycles. The lowest BCUT2D eigenvalue weighted by molar-refractivity contribution is -0.141. The molecule has 108 valence electrons. The van der Waals surface area contributed by atoms with Crippen LogP contribution in [0.15, 0.2) is 30.5 Å². The molecule has 0 radical (unpaired) electrons. The van der Waals surface area contributed by atoms with Crippen LogP contribution in [0.25, 0.3) is 10.9 Å². The number of fused-ring (bicyclic) bond motifs is 1. The first-order valence-corrected chi connectivity index (χ1v) is 6.59. The summed E-state index contributed by atoms with van der Waals surface area (Å²) in [5.74, 6) is -0.244. The van der Waals surface area contributed by atoms with E-state index in [1.54, 1.807) is 7.11 Å². The zero-order valence-corrected chi connectivity index (χ0v) is 11.9. The fourth-order valence-electron chi connectivity index (χ4n) is 2.09. The lowest BCUT2D eigenvalue weighted by Crippen LogP contribution is -2.18. The highest BCUT2D eigenvalue weighted by Crippen LogP contribution is 2.17. The summed E-state index contributed by atoms with van der Waals surface area (Å²) in [6.45, 7) is 2.53. The summed E-state index contributed by atoms with van der Waals surface area (Å²) in [5.41, 5.74) is 2.22. The second-order valence-corrected chi connectivity index (χ2v) is 4.58. The number of hydrogen-bond acceptors (Lipinski definition) is 4. The molecule has 0 bridgehead atoms. The largest absolute Gasteiger partial charge is 0.468 e. The van der Waals surface area contributed by atoms with E-state index in [2.05, 4.69) is 23.5 Å². The molecule has 2 rings (SSSR count). The van der Waals surface area contributed by atoms with E-state index in [4.69, 9.17) is 9.47 Å². The summed E-state index contributed by atoms with van der Waals surface area (Å²) < 4.78 is 11.6. The quantitative estimate of drug-likeness (QED) is 0.616. The van der Waals surface area contributed by atoms with Gasteiger partial charge in [0.15, 0.2) is 0 Å². The molecule has 0 aliphatic heterocycles. The van der Waals surface area contributed by atoms with E-state index in [0.29, 0.717) is 6.61 Å². The van der Waals surface area contributed by atoms with Gasteiger partial charge >= 0.3 is 5.97 Å². The first-order valence-electron chi connectivity index (χ1n) is 6.59. The van der Waals surface area contributed by atoms with Crippen LogP contribution in [0, 0.1) is 0 Å². The van der Waals surface area contributed by atoms with Gasteiger partial charge in [0.1, 0.15) is 6.54 Å². The number of rotatable bonds is 7. The number of carbonyl (C=O) groups is 1. The molecule has 2 aromatic rings. The fraction of sp³-hybridized carbons (Fsp3) is 0.400. The molecule has 1 heterocycles. The van der Waals surface area contributed by atoms with Crippen LogP contribution in [-0.2, 0) is 27.4 Å². The molecule has 20 heavy (non-hydrogen) atoms. The van der Waals surface area contributed by atoms with Crippen molar-refractivity contribution in [3.63, 3.8) is 0 Å². The van der Waals surface area contributed by atoms with Crippen molar-refractivity contribution in [2.24, 2.45) is 0 Å². The van der Waals surface area contributed by atoms with Gasteiger partial charge in [0, 0.05) is 31.9 Å². The second kappa shape index (κ2) is 7.07. The maximum absolute atomic E-state index is 11.4. The molecule has 5 nitrogen and oxygen atoms in total. The Kier molecular flexibility index (Phi) is 5.15. The van der Waals surface area contributed by atoms with Crippen molar-refractivity contribution in [1.82, 2.24) is 9.88 Å². The normalized spacial score (nSPS) is 10.9. The van der Waals surface area contributed by atoms with Gasteiger partial charge in [0.05, 0.1) is 13.7 Å². The maximum Gasteiger partial charge on any atom is 0.325 e. The van der Waals surface area contributed by atoms with Crippen LogP contribution in [0.2, 0.25) is 0 Å². The highest BCUT2D eigenvalue weighted by atomic mass is 16.5. The molecule has 0 atom stereocenters. The lowest BCUT2D eigenvalue weighted by atomic mass is 10.1. The molecule has 1 aromatic carbocycles. The third-order valence-electron chi connectivity index (χ3n) is 3.18. The molecule has 1 aromatic heterocycles. The number of hydrogen-bond donors (Lipinski definition) is 1. The zero-order chi connectivity index (χ0) is 14.4. The van der Waals surface area contributed by atoms with Crippen LogP contribution in [0.1, 0.15) is 5.56 Å². The third kappa shape index (κ3) is 3.59. The first-order chi connectivity index (χ1) is 9.74. The van der Waals surface area contributed by atoms with E-state index >= 15 is 0 Å². The van der Waals surface area contributed by atoms with Crippen molar-refractivity contribution in [2.45, 2.75) is 13.1 Å². The summed E-state index contributed by atoms with van der Waals surface area (Å²) in [6.07, 6.45) is 1.91. The minimum absolute atomic E-state index is 0.237. The smallest absolute Gasteiger partial charge is 0.325 e. The molecular weight excluding hydrogens is 256 g/mol. The highest BCUT2D eigenvalue weighted by molar-refractivity contribution is 5.82. The third-order valence-corrected chi connectivity index (χ3v) is 3.18. The van der Waals surface area contributed by atoms with Crippen molar-refractivity contribution in [3.8, 4) is 0 Å². The molecule has 0 unspecified atom stereocenters. The number of benzene rings is 1. The van der Waals surface area contributed by atoms with E-state index in [1.165, 1.54) is 12.7 Å². The van der Waals surface area contributed by atoms with Crippen molar-refractivity contribution in [1.29, 1.82) is 0 Å². The summed E-state index contributed by atoms with van der Waals surface area (Å²) in [6, 6.07) is 8.25. The van der Waals surface area contributed by atoms with Gasteiger partial charge in [-0.25, -0.2) is 0 Å². The number of ether oxygens (including phenoxy) is 2. The Hall–Kier alpha value is -1.85. The van der Waals surface area contributed by atoms with Gasteiger partial charge < -0.3 is 19.4 Å². The number of methoxy groups -OCH3 is 2. The van der Waals surface area contributed by atoms with Crippen LogP contribution in [-0.4, -0.2) is 37.9 Å². The predicted octanol–water partition coefficient (Wildman–Crippen LogP) is 1.55. The van der Waals surface area contributed by atoms with E-state index < -0.39 is 0 Å². The van der Waals surface area contributed by atoms with Crippen LogP contribution in [0.3, 0.4) is 0 Å². The highest BCUT2D eigenvalue weighted by Gasteiger charge is 2.06. The molecular formula is C15H20N2O3. The first kappa shape index (κ1) is 14.6. The van der Waals surface area contributed by atoms with Gasteiger partial charge in [-0.15, -0.1) is 0 Å². The van der Waals surface area contributed by atoms with Gasteiger partial charge in [-0.1, -0.05) is 12.1 Å². The van der Waals surface area contributed by atoms with Crippen LogP contribution in [0.5, 0.6) is 0 Å². The Labute approximate surface area is 118 Å². The standard InChI is InChI=1S/C15H20N2O3/c1-19-8-6-16-10-12-3-4-13-5-7-17(14(13)9-12)11-15(18)20-2/h3-5,7,9,16H,6,8,10-11H2,1-2H3. The summed E-state index contributed by atoms with van der Waals surface area (Å²) in [7, 11) is 3.09. The topological polar surface area (TPSA) is 52.5 Å². The molecule has 0 fully saturated rings. The second-order valence-electron chi connectivity index (χ2n) is 4.58. The van der Waals surface area contributed by atoms with Crippen molar-refractivity contribution >= 4 is 16.9 Å². The van der Waals surface area contributed by atoms with Gasteiger partial charge in [0.25, 0.3) is 0 Å². The SMILES string of the molecule is COCCNCc1ccc2ccn(CC(=O)OC)c2c1. The zero-order valence-electron chi connectivity index (χ0n) is 11.9. The maximum atomic E-state index is 11.4. The molecule has 0 saturated carbocycles. The van der Waals surface area contributed by atoms with Crippen molar-refractivity contribution in [3.05, 3.63) is 36.0 Å². The summed E-state index contributed by atoms with van der Waals surface area (Å²) in [5, 5.41) is 4.42. The molecule has 0 amide bonds. The van der Waals surface area contributed by atoms with E-state index in [-0.39, 0.29) is 12.5 Å². The molecule has 5 heteroatoms. The van der Waals surface area contributed by atoms with Crippen LogP contribution < -0.4 is 5.32 Å². The Morgan fingerprint density at radius 3 is 2.90 bits per heavy atom. The Morgan fingerprint density at radius 2 is 2.15 bits per heavy atom. The van der Waals surface area contributed by atoms with Crippen LogP contribution >= 0.6 is 0 Å². The number of aromatic nitrogens is 1. The van der Waals surface area contributed by atoms with E-state index in [1.807, 2.05) is 16.8 Å². The molecule has 0 aliphatic rings. The van der Waals surface area contributed by atoms with Crippen LogP contribution in [0.4, 0.5) is 0 Å². The predicted molar refractivity (Wildman–Crippen MR) is 77.5 cm³/mol. The fourth-order valence-corrected chi connectivity index (χ4v) is 2.09. The average Bonchev–Trinajstić information content (AvgIpc) is 2.86. The van der Waals surface area contributed by atoms with Gasteiger partial charge in [-0.3, -0.25) is 4.79 Å². The van der Waals surface area contributed by atoms with Gasteiger partial charge in [-0.2, -0.15) is 0 Å². The van der Waals surface area contributed by atoms with E-state index in [9.17, 15) is 4.79 Å².